The largest absolute Gasteiger partial charge is 0.495 e. The number of aliphatic hydroxyl groups is 1. The van der Waals surface area contributed by atoms with Crippen molar-refractivity contribution in [2.75, 3.05) is 31.8 Å². The van der Waals surface area contributed by atoms with E-state index >= 15 is 0 Å². The van der Waals surface area contributed by atoms with Crippen molar-refractivity contribution in [2.45, 2.75) is 26.0 Å². The maximum atomic E-state index is 12.2. The van der Waals surface area contributed by atoms with Crippen LogP contribution in [0.25, 0.3) is 0 Å². The number of hydrogen-bond acceptors (Lipinski definition) is 5. The molecule has 0 aliphatic carbocycles. The van der Waals surface area contributed by atoms with E-state index in [1.807, 2.05) is 0 Å². The van der Waals surface area contributed by atoms with Crippen molar-refractivity contribution in [3.8, 4) is 5.75 Å². The molecule has 0 spiro atoms. The van der Waals surface area contributed by atoms with Crippen molar-refractivity contribution in [1.82, 2.24) is 4.90 Å². The quantitative estimate of drug-likeness (QED) is 0.675. The number of rotatable bonds is 6. The van der Waals surface area contributed by atoms with Gasteiger partial charge in [0.1, 0.15) is 5.75 Å². The minimum absolute atomic E-state index is 0.183. The van der Waals surface area contributed by atoms with E-state index in [0.717, 1.165) is 0 Å². The zero-order chi connectivity index (χ0) is 15.3. The lowest BCUT2D eigenvalue weighted by Gasteiger charge is -2.25. The van der Waals surface area contributed by atoms with Gasteiger partial charge in [0.2, 0.25) is 5.91 Å². The molecule has 6 nitrogen and oxygen atoms in total. The van der Waals surface area contributed by atoms with Gasteiger partial charge in [0.25, 0.3) is 0 Å². The second-order valence-electron chi connectivity index (χ2n) is 4.91. The average Bonchev–Trinajstić information content (AvgIpc) is 2.37. The normalized spacial score (nSPS) is 13.9. The van der Waals surface area contributed by atoms with E-state index in [4.69, 9.17) is 10.5 Å². The summed E-state index contributed by atoms with van der Waals surface area (Å²) < 4.78 is 5.18. The van der Waals surface area contributed by atoms with Gasteiger partial charge in [-0.05, 0) is 39.1 Å². The molecule has 0 aliphatic heterocycles. The number of aliphatic hydroxyl groups excluding tert-OH is 1. The number of carbonyl (C=O) groups excluding carboxylic acids is 1. The number of nitrogens with one attached hydrogen (secondary N) is 1. The maximum Gasteiger partial charge on any atom is 0.241 e. The number of carbonyl (C=O) groups is 1. The number of likely N-dealkylation sites (N-methyl/N-ethyl adjacent to an activating group) is 1. The molecule has 1 rings (SSSR count). The van der Waals surface area contributed by atoms with Crippen molar-refractivity contribution in [3.63, 3.8) is 0 Å². The van der Waals surface area contributed by atoms with Gasteiger partial charge in [-0.1, -0.05) is 0 Å². The molecule has 1 aromatic rings. The molecule has 6 heteroatoms. The van der Waals surface area contributed by atoms with E-state index in [-0.39, 0.29) is 11.9 Å². The third kappa shape index (κ3) is 4.40. The summed E-state index contributed by atoms with van der Waals surface area (Å²) in [6.45, 7) is 3.88. The first-order valence-electron chi connectivity index (χ1n) is 6.47. The Balaban J connectivity index is 2.77. The van der Waals surface area contributed by atoms with Gasteiger partial charge in [0.15, 0.2) is 0 Å². The SMILES string of the molecule is COc1ccc(N)cc1NC(=O)C(C)N(C)CC(C)O. The van der Waals surface area contributed by atoms with Crippen LogP contribution in [-0.2, 0) is 4.79 Å². The number of anilines is 2. The summed E-state index contributed by atoms with van der Waals surface area (Å²) in [4.78, 5) is 14.0. The van der Waals surface area contributed by atoms with E-state index in [0.29, 0.717) is 23.7 Å². The Morgan fingerprint density at radius 3 is 2.70 bits per heavy atom. The first-order valence-corrected chi connectivity index (χ1v) is 6.47. The zero-order valence-electron chi connectivity index (χ0n) is 12.4. The van der Waals surface area contributed by atoms with Crippen LogP contribution in [0, 0.1) is 0 Å². The van der Waals surface area contributed by atoms with E-state index in [9.17, 15) is 9.90 Å². The number of methoxy groups -OCH3 is 1. The second-order valence-corrected chi connectivity index (χ2v) is 4.91. The van der Waals surface area contributed by atoms with Crippen LogP contribution < -0.4 is 15.8 Å². The summed E-state index contributed by atoms with van der Waals surface area (Å²) in [5.41, 5.74) is 6.79. The smallest absolute Gasteiger partial charge is 0.241 e. The molecule has 0 aliphatic rings. The van der Waals surface area contributed by atoms with Crippen LogP contribution >= 0.6 is 0 Å². The molecular weight excluding hydrogens is 258 g/mol. The minimum Gasteiger partial charge on any atom is -0.495 e. The zero-order valence-corrected chi connectivity index (χ0v) is 12.4. The van der Waals surface area contributed by atoms with Crippen LogP contribution in [0.2, 0.25) is 0 Å². The number of nitrogens with two attached hydrogens (primary N) is 1. The lowest BCUT2D eigenvalue weighted by Crippen LogP contribution is -2.42. The lowest BCUT2D eigenvalue weighted by atomic mass is 10.2. The van der Waals surface area contributed by atoms with Crippen LogP contribution in [0.1, 0.15) is 13.8 Å². The van der Waals surface area contributed by atoms with Crippen LogP contribution in [0.3, 0.4) is 0 Å². The van der Waals surface area contributed by atoms with Gasteiger partial charge < -0.3 is 20.9 Å². The molecule has 0 bridgehead atoms. The Morgan fingerprint density at radius 1 is 1.50 bits per heavy atom. The van der Waals surface area contributed by atoms with E-state index < -0.39 is 6.10 Å². The summed E-state index contributed by atoms with van der Waals surface area (Å²) in [5.74, 6) is 0.370. The Hall–Kier alpha value is -1.79. The summed E-state index contributed by atoms with van der Waals surface area (Å²) in [5, 5.41) is 12.1. The van der Waals surface area contributed by atoms with Crippen LogP contribution in [-0.4, -0.2) is 48.8 Å². The second kappa shape index (κ2) is 7.12. The van der Waals surface area contributed by atoms with Gasteiger partial charge in [0.05, 0.1) is 24.9 Å². The van der Waals surface area contributed by atoms with Gasteiger partial charge >= 0.3 is 0 Å². The molecule has 2 atom stereocenters. The molecule has 0 heterocycles. The highest BCUT2D eigenvalue weighted by molar-refractivity contribution is 5.96. The van der Waals surface area contributed by atoms with Crippen molar-refractivity contribution in [3.05, 3.63) is 18.2 Å². The summed E-state index contributed by atoms with van der Waals surface area (Å²) >= 11 is 0. The Labute approximate surface area is 119 Å². The molecule has 0 saturated carbocycles. The highest BCUT2D eigenvalue weighted by Crippen LogP contribution is 2.26. The molecule has 0 fully saturated rings. The number of nitrogen functional groups attached to an aromatic ring is 1. The van der Waals surface area contributed by atoms with Crippen molar-refractivity contribution >= 4 is 17.3 Å². The third-order valence-electron chi connectivity index (χ3n) is 3.07. The molecule has 0 radical (unpaired) electrons. The monoisotopic (exact) mass is 281 g/mol. The summed E-state index contributed by atoms with van der Waals surface area (Å²) in [7, 11) is 3.32. The average molecular weight is 281 g/mol. The predicted octanol–water partition coefficient (Wildman–Crippen LogP) is 0.917. The first kappa shape index (κ1) is 16.3. The fraction of sp³-hybridized carbons (Fsp3) is 0.500. The van der Waals surface area contributed by atoms with Crippen molar-refractivity contribution in [2.24, 2.45) is 0 Å². The fourth-order valence-corrected chi connectivity index (χ4v) is 1.84. The molecule has 1 aromatic carbocycles. The minimum atomic E-state index is -0.489. The molecule has 4 N–H and O–H groups in total. The third-order valence-corrected chi connectivity index (χ3v) is 3.07. The standard InChI is InChI=1S/C14H23N3O3/c1-9(18)8-17(3)10(2)14(19)16-12-7-11(15)5-6-13(12)20-4/h5-7,9-10,18H,8,15H2,1-4H3,(H,16,19). The molecule has 112 valence electrons. The molecule has 1 amide bonds. The van der Waals surface area contributed by atoms with Gasteiger partial charge in [-0.25, -0.2) is 0 Å². The number of ether oxygens (including phenoxy) is 1. The number of amides is 1. The van der Waals surface area contributed by atoms with Gasteiger partial charge in [-0.15, -0.1) is 0 Å². The maximum absolute atomic E-state index is 12.2. The van der Waals surface area contributed by atoms with E-state index in [1.165, 1.54) is 7.11 Å². The van der Waals surface area contributed by atoms with Crippen LogP contribution in [0.5, 0.6) is 5.75 Å². The fourth-order valence-electron chi connectivity index (χ4n) is 1.84. The number of nitrogens with zero attached hydrogens (tertiary/aromatic N) is 1. The van der Waals surface area contributed by atoms with Crippen LogP contribution in [0.4, 0.5) is 11.4 Å². The van der Waals surface area contributed by atoms with Crippen LogP contribution in [0.15, 0.2) is 18.2 Å². The Kier molecular flexibility index (Phi) is 5.79. The van der Waals surface area contributed by atoms with Gasteiger partial charge in [-0.2, -0.15) is 0 Å². The number of hydrogen-bond donors (Lipinski definition) is 3. The Morgan fingerprint density at radius 2 is 2.15 bits per heavy atom. The molecule has 2 unspecified atom stereocenters. The highest BCUT2D eigenvalue weighted by Gasteiger charge is 2.20. The van der Waals surface area contributed by atoms with Gasteiger partial charge in [-0.3, -0.25) is 9.69 Å². The van der Waals surface area contributed by atoms with Gasteiger partial charge in [0, 0.05) is 12.2 Å². The molecule has 0 saturated heterocycles. The molecule has 20 heavy (non-hydrogen) atoms. The topological polar surface area (TPSA) is 87.8 Å². The summed E-state index contributed by atoms with van der Waals surface area (Å²) in [6.07, 6.45) is -0.489. The van der Waals surface area contributed by atoms with E-state index in [1.54, 1.807) is 44.0 Å². The predicted molar refractivity (Wildman–Crippen MR) is 79.8 cm³/mol. The first-order chi connectivity index (χ1) is 9.35. The molecule has 0 aromatic heterocycles. The number of benzene rings is 1. The van der Waals surface area contributed by atoms with Crippen molar-refractivity contribution in [1.29, 1.82) is 0 Å². The highest BCUT2D eigenvalue weighted by atomic mass is 16.5. The summed E-state index contributed by atoms with van der Waals surface area (Å²) in [6, 6.07) is 4.68. The molecular formula is C14H23N3O3. The van der Waals surface area contributed by atoms with Crippen molar-refractivity contribution < 1.29 is 14.6 Å². The van der Waals surface area contributed by atoms with E-state index in [2.05, 4.69) is 5.32 Å². The Bertz CT molecular complexity index is 463. The lowest BCUT2D eigenvalue weighted by molar-refractivity contribution is -0.120.